The Labute approximate surface area is 127 Å². The van der Waals surface area contributed by atoms with Crippen molar-refractivity contribution in [3.8, 4) is 0 Å². The van der Waals surface area contributed by atoms with Crippen molar-refractivity contribution in [3.63, 3.8) is 0 Å². The summed E-state index contributed by atoms with van der Waals surface area (Å²) in [5.74, 6) is -0.0936. The van der Waals surface area contributed by atoms with Gasteiger partial charge in [-0.2, -0.15) is 0 Å². The van der Waals surface area contributed by atoms with Gasteiger partial charge in [-0.1, -0.05) is 19.1 Å². The Bertz CT molecular complexity index is 790. The number of rotatable bonds is 3. The van der Waals surface area contributed by atoms with Crippen LogP contribution in [0.4, 0.5) is 5.69 Å². The number of amides is 1. The van der Waals surface area contributed by atoms with Crippen molar-refractivity contribution >= 4 is 33.1 Å². The van der Waals surface area contributed by atoms with Crippen molar-refractivity contribution in [2.45, 2.75) is 20.3 Å². The number of benzene rings is 2. The minimum atomic E-state index is -0.0936. The van der Waals surface area contributed by atoms with E-state index in [9.17, 15) is 4.79 Å². The van der Waals surface area contributed by atoms with Crippen molar-refractivity contribution in [2.24, 2.45) is 0 Å². The lowest BCUT2D eigenvalue weighted by Gasteiger charge is -2.06. The zero-order valence-electron chi connectivity index (χ0n) is 12.0. The maximum atomic E-state index is 12.2. The Morgan fingerprint density at radius 2 is 1.95 bits per heavy atom. The fourth-order valence-electron chi connectivity index (χ4n) is 2.22. The Morgan fingerprint density at radius 3 is 2.67 bits per heavy atom. The molecule has 0 radical (unpaired) electrons. The molecule has 0 saturated carbocycles. The smallest absolute Gasteiger partial charge is 0.255 e. The maximum absolute atomic E-state index is 12.2. The topological polar surface area (TPSA) is 42.0 Å². The highest BCUT2D eigenvalue weighted by Crippen LogP contribution is 2.24. The molecule has 21 heavy (non-hydrogen) atoms. The quantitative estimate of drug-likeness (QED) is 0.777. The Balaban J connectivity index is 1.81. The highest BCUT2D eigenvalue weighted by molar-refractivity contribution is 7.18. The molecular weight excluding hydrogens is 280 g/mol. The number of hydrogen-bond donors (Lipinski definition) is 1. The van der Waals surface area contributed by atoms with Gasteiger partial charge >= 0.3 is 0 Å². The molecule has 0 aliphatic carbocycles. The van der Waals surface area contributed by atoms with Crippen LogP contribution < -0.4 is 5.32 Å². The first kappa shape index (κ1) is 13.8. The first-order valence-corrected chi connectivity index (χ1v) is 7.75. The van der Waals surface area contributed by atoms with Crippen LogP contribution in [0.25, 0.3) is 10.2 Å². The molecule has 3 rings (SSSR count). The van der Waals surface area contributed by atoms with E-state index in [1.807, 2.05) is 49.4 Å². The molecule has 1 aromatic heterocycles. The highest BCUT2D eigenvalue weighted by Gasteiger charge is 2.07. The van der Waals surface area contributed by atoms with Crippen molar-refractivity contribution < 1.29 is 4.79 Å². The molecule has 0 fully saturated rings. The van der Waals surface area contributed by atoms with E-state index in [0.29, 0.717) is 5.56 Å². The highest BCUT2D eigenvalue weighted by atomic mass is 32.1. The summed E-state index contributed by atoms with van der Waals surface area (Å²) in [4.78, 5) is 16.7. The van der Waals surface area contributed by atoms with Gasteiger partial charge in [0.15, 0.2) is 0 Å². The van der Waals surface area contributed by atoms with Crippen LogP contribution >= 0.6 is 11.3 Å². The standard InChI is InChI=1S/C17H16N2OS/c1-3-12-4-6-13(7-5-12)17(20)19-14-8-9-16-15(10-14)18-11(2)21-16/h4-10H,3H2,1-2H3,(H,19,20). The van der Waals surface area contributed by atoms with Crippen LogP contribution in [0.1, 0.15) is 27.9 Å². The number of aromatic nitrogens is 1. The number of thiazole rings is 1. The van der Waals surface area contributed by atoms with Gasteiger partial charge in [0, 0.05) is 11.3 Å². The van der Waals surface area contributed by atoms with Gasteiger partial charge in [-0.05, 0) is 49.2 Å². The average Bonchev–Trinajstić information content (AvgIpc) is 2.86. The molecule has 0 spiro atoms. The van der Waals surface area contributed by atoms with E-state index in [1.165, 1.54) is 5.56 Å². The van der Waals surface area contributed by atoms with Gasteiger partial charge < -0.3 is 5.32 Å². The summed E-state index contributed by atoms with van der Waals surface area (Å²) in [6, 6.07) is 13.5. The largest absolute Gasteiger partial charge is 0.322 e. The van der Waals surface area contributed by atoms with Gasteiger partial charge in [0.05, 0.1) is 15.2 Å². The normalized spacial score (nSPS) is 10.8. The summed E-state index contributed by atoms with van der Waals surface area (Å²) in [5, 5.41) is 3.95. The predicted octanol–water partition coefficient (Wildman–Crippen LogP) is 4.42. The molecule has 1 N–H and O–H groups in total. The van der Waals surface area contributed by atoms with E-state index >= 15 is 0 Å². The first-order chi connectivity index (χ1) is 10.2. The summed E-state index contributed by atoms with van der Waals surface area (Å²) in [7, 11) is 0. The minimum Gasteiger partial charge on any atom is -0.322 e. The second-order valence-corrected chi connectivity index (χ2v) is 6.15. The van der Waals surface area contributed by atoms with Crippen molar-refractivity contribution in [1.82, 2.24) is 4.98 Å². The number of carbonyl (C=O) groups excluding carboxylic acids is 1. The van der Waals surface area contributed by atoms with Gasteiger partial charge in [0.2, 0.25) is 0 Å². The average molecular weight is 296 g/mol. The summed E-state index contributed by atoms with van der Waals surface area (Å²) in [6.07, 6.45) is 0.974. The zero-order chi connectivity index (χ0) is 14.8. The monoisotopic (exact) mass is 296 g/mol. The van der Waals surface area contributed by atoms with E-state index in [2.05, 4.69) is 17.2 Å². The van der Waals surface area contributed by atoms with Crippen LogP contribution in [0.15, 0.2) is 42.5 Å². The Morgan fingerprint density at radius 1 is 1.19 bits per heavy atom. The second-order valence-electron chi connectivity index (χ2n) is 4.92. The number of hydrogen-bond acceptors (Lipinski definition) is 3. The molecule has 0 unspecified atom stereocenters. The van der Waals surface area contributed by atoms with Crippen LogP contribution in [0.3, 0.4) is 0 Å². The van der Waals surface area contributed by atoms with Crippen LogP contribution in [-0.4, -0.2) is 10.9 Å². The molecule has 106 valence electrons. The fraction of sp³-hybridized carbons (Fsp3) is 0.176. The van der Waals surface area contributed by atoms with Gasteiger partial charge in [-0.3, -0.25) is 4.79 Å². The molecule has 0 bridgehead atoms. The van der Waals surface area contributed by atoms with Gasteiger partial charge in [-0.25, -0.2) is 4.98 Å². The molecule has 3 nitrogen and oxygen atoms in total. The third kappa shape index (κ3) is 2.95. The van der Waals surface area contributed by atoms with Crippen LogP contribution in [0, 0.1) is 6.92 Å². The maximum Gasteiger partial charge on any atom is 0.255 e. The Kier molecular flexibility index (Phi) is 3.71. The number of fused-ring (bicyclic) bond motifs is 1. The third-order valence-corrected chi connectivity index (χ3v) is 4.33. The fourth-order valence-corrected chi connectivity index (χ4v) is 3.02. The van der Waals surface area contributed by atoms with Crippen molar-refractivity contribution in [3.05, 3.63) is 58.6 Å². The van der Waals surface area contributed by atoms with Crippen LogP contribution in [0.5, 0.6) is 0 Å². The summed E-state index contributed by atoms with van der Waals surface area (Å²) < 4.78 is 1.14. The number of aryl methyl sites for hydroxylation is 2. The molecular formula is C17H16N2OS. The molecule has 0 aliphatic rings. The van der Waals surface area contributed by atoms with E-state index in [1.54, 1.807) is 11.3 Å². The second kappa shape index (κ2) is 5.66. The molecule has 0 saturated heterocycles. The van der Waals surface area contributed by atoms with Crippen LogP contribution in [-0.2, 0) is 6.42 Å². The lowest BCUT2D eigenvalue weighted by Crippen LogP contribution is -2.11. The minimum absolute atomic E-state index is 0.0936. The van der Waals surface area contributed by atoms with Gasteiger partial charge in [-0.15, -0.1) is 11.3 Å². The molecule has 1 amide bonds. The lowest BCUT2D eigenvalue weighted by molar-refractivity contribution is 0.102. The zero-order valence-corrected chi connectivity index (χ0v) is 12.8. The molecule has 4 heteroatoms. The molecule has 2 aromatic carbocycles. The van der Waals surface area contributed by atoms with Crippen molar-refractivity contribution in [2.75, 3.05) is 5.32 Å². The summed E-state index contributed by atoms with van der Waals surface area (Å²) in [5.41, 5.74) is 3.60. The molecule has 0 atom stereocenters. The first-order valence-electron chi connectivity index (χ1n) is 6.93. The Hall–Kier alpha value is -2.20. The summed E-state index contributed by atoms with van der Waals surface area (Å²) >= 11 is 1.66. The van der Waals surface area contributed by atoms with E-state index < -0.39 is 0 Å². The van der Waals surface area contributed by atoms with Gasteiger partial charge in [0.25, 0.3) is 5.91 Å². The van der Waals surface area contributed by atoms with E-state index in [4.69, 9.17) is 0 Å². The van der Waals surface area contributed by atoms with E-state index in [0.717, 1.165) is 27.3 Å². The van der Waals surface area contributed by atoms with Crippen molar-refractivity contribution in [1.29, 1.82) is 0 Å². The molecule has 0 aliphatic heterocycles. The van der Waals surface area contributed by atoms with Gasteiger partial charge in [0.1, 0.15) is 0 Å². The lowest BCUT2D eigenvalue weighted by atomic mass is 10.1. The third-order valence-electron chi connectivity index (χ3n) is 3.38. The molecule has 3 aromatic rings. The summed E-state index contributed by atoms with van der Waals surface area (Å²) in [6.45, 7) is 4.08. The number of carbonyl (C=O) groups is 1. The predicted molar refractivity (Wildman–Crippen MR) is 88.1 cm³/mol. The number of nitrogens with zero attached hydrogens (tertiary/aromatic N) is 1. The number of nitrogens with one attached hydrogen (secondary N) is 1. The SMILES string of the molecule is CCc1ccc(C(=O)Nc2ccc3sc(C)nc3c2)cc1. The molecule has 1 heterocycles. The number of anilines is 1. The van der Waals surface area contributed by atoms with E-state index in [-0.39, 0.29) is 5.91 Å². The van der Waals surface area contributed by atoms with Crippen LogP contribution in [0.2, 0.25) is 0 Å².